The second-order valence-corrected chi connectivity index (χ2v) is 5.86. The van der Waals surface area contributed by atoms with Crippen LogP contribution < -0.4 is 0 Å². The Morgan fingerprint density at radius 3 is 2.61 bits per heavy atom. The number of carbonyl (C=O) groups is 1. The SMILES string of the molecule is Cc1nc(C#Cc2cncc(C(=O)c3ccc(F)cc3)c2)cs1. The van der Waals surface area contributed by atoms with E-state index in [4.69, 9.17) is 0 Å². The summed E-state index contributed by atoms with van der Waals surface area (Å²) in [5.41, 5.74) is 2.15. The van der Waals surface area contributed by atoms with Crippen molar-refractivity contribution in [1.29, 1.82) is 0 Å². The fourth-order valence-corrected chi connectivity index (χ4v) is 2.50. The number of hydrogen-bond acceptors (Lipinski definition) is 4. The maximum absolute atomic E-state index is 12.9. The van der Waals surface area contributed by atoms with E-state index in [0.717, 1.165) is 5.01 Å². The maximum Gasteiger partial charge on any atom is 0.194 e. The lowest BCUT2D eigenvalue weighted by atomic mass is 10.0. The van der Waals surface area contributed by atoms with Crippen molar-refractivity contribution < 1.29 is 9.18 Å². The summed E-state index contributed by atoms with van der Waals surface area (Å²) in [7, 11) is 0. The van der Waals surface area contributed by atoms with Crippen LogP contribution in [0.15, 0.2) is 48.1 Å². The van der Waals surface area contributed by atoms with Gasteiger partial charge in [0, 0.05) is 34.5 Å². The van der Waals surface area contributed by atoms with Crippen molar-refractivity contribution in [2.24, 2.45) is 0 Å². The molecule has 1 aromatic carbocycles. The summed E-state index contributed by atoms with van der Waals surface area (Å²) in [5, 5.41) is 2.83. The third kappa shape index (κ3) is 3.68. The van der Waals surface area contributed by atoms with Crippen LogP contribution in [-0.4, -0.2) is 15.8 Å². The van der Waals surface area contributed by atoms with Gasteiger partial charge in [0.25, 0.3) is 0 Å². The van der Waals surface area contributed by atoms with Gasteiger partial charge in [-0.05, 0) is 43.2 Å². The fourth-order valence-electron chi connectivity index (χ4n) is 1.96. The van der Waals surface area contributed by atoms with Crippen molar-refractivity contribution in [2.75, 3.05) is 0 Å². The minimum atomic E-state index is -0.377. The minimum absolute atomic E-state index is 0.217. The smallest absolute Gasteiger partial charge is 0.194 e. The summed E-state index contributed by atoms with van der Waals surface area (Å²) in [6.07, 6.45) is 3.07. The van der Waals surface area contributed by atoms with E-state index in [1.807, 2.05) is 12.3 Å². The summed E-state index contributed by atoms with van der Waals surface area (Å²) < 4.78 is 12.9. The van der Waals surface area contributed by atoms with Crippen LogP contribution in [0.2, 0.25) is 0 Å². The van der Waals surface area contributed by atoms with Gasteiger partial charge in [0.2, 0.25) is 0 Å². The fraction of sp³-hybridized carbons (Fsp3) is 0.0556. The largest absolute Gasteiger partial charge is 0.289 e. The van der Waals surface area contributed by atoms with Crippen LogP contribution in [-0.2, 0) is 0 Å². The number of rotatable bonds is 2. The molecule has 0 aliphatic heterocycles. The molecule has 2 heterocycles. The highest BCUT2D eigenvalue weighted by Crippen LogP contribution is 2.12. The summed E-state index contributed by atoms with van der Waals surface area (Å²) in [6, 6.07) is 7.09. The summed E-state index contributed by atoms with van der Waals surface area (Å²) in [6.45, 7) is 1.92. The molecule has 2 aromatic heterocycles. The third-order valence-corrected chi connectivity index (χ3v) is 3.83. The number of hydrogen-bond donors (Lipinski definition) is 0. The average molecular weight is 322 g/mol. The van der Waals surface area contributed by atoms with E-state index in [1.165, 1.54) is 41.8 Å². The van der Waals surface area contributed by atoms with E-state index in [-0.39, 0.29) is 11.6 Å². The second-order valence-electron chi connectivity index (χ2n) is 4.80. The number of ketones is 1. The number of pyridine rings is 1. The van der Waals surface area contributed by atoms with Gasteiger partial charge in [0.1, 0.15) is 11.5 Å². The van der Waals surface area contributed by atoms with E-state index < -0.39 is 0 Å². The lowest BCUT2D eigenvalue weighted by Gasteiger charge is -2.01. The highest BCUT2D eigenvalue weighted by molar-refractivity contribution is 7.09. The highest BCUT2D eigenvalue weighted by Gasteiger charge is 2.09. The van der Waals surface area contributed by atoms with Gasteiger partial charge in [0.05, 0.1) is 5.01 Å². The molecule has 0 aliphatic carbocycles. The maximum atomic E-state index is 12.9. The molecular formula is C18H11FN2OS. The molecule has 0 N–H and O–H groups in total. The normalized spacial score (nSPS) is 10.0. The predicted octanol–water partition coefficient (Wildman–Crippen LogP) is 3.62. The van der Waals surface area contributed by atoms with Crippen LogP contribution in [0, 0.1) is 24.6 Å². The van der Waals surface area contributed by atoms with Crippen LogP contribution >= 0.6 is 11.3 Å². The highest BCUT2D eigenvalue weighted by atomic mass is 32.1. The first kappa shape index (κ1) is 15.1. The molecule has 112 valence electrons. The molecule has 0 aliphatic rings. The van der Waals surface area contributed by atoms with Crippen molar-refractivity contribution in [2.45, 2.75) is 6.92 Å². The first-order chi connectivity index (χ1) is 11.1. The van der Waals surface area contributed by atoms with E-state index in [0.29, 0.717) is 22.4 Å². The number of benzene rings is 1. The van der Waals surface area contributed by atoms with Crippen molar-refractivity contribution in [3.05, 3.63) is 81.3 Å². The Morgan fingerprint density at radius 2 is 1.91 bits per heavy atom. The van der Waals surface area contributed by atoms with Gasteiger partial charge >= 0.3 is 0 Å². The molecule has 0 atom stereocenters. The quantitative estimate of drug-likeness (QED) is 0.535. The number of aromatic nitrogens is 2. The number of aryl methyl sites for hydroxylation is 1. The number of carbonyl (C=O) groups excluding carboxylic acids is 1. The Morgan fingerprint density at radius 1 is 1.13 bits per heavy atom. The van der Waals surface area contributed by atoms with Crippen LogP contribution in [0.3, 0.4) is 0 Å². The molecule has 0 saturated carbocycles. The van der Waals surface area contributed by atoms with Crippen molar-refractivity contribution in [1.82, 2.24) is 9.97 Å². The Hall–Kier alpha value is -2.84. The number of nitrogens with zero attached hydrogens (tertiary/aromatic N) is 2. The molecule has 0 bridgehead atoms. The zero-order chi connectivity index (χ0) is 16.2. The van der Waals surface area contributed by atoms with Gasteiger partial charge in [-0.3, -0.25) is 9.78 Å². The number of halogens is 1. The zero-order valence-electron chi connectivity index (χ0n) is 12.2. The average Bonchev–Trinajstić information content (AvgIpc) is 2.99. The van der Waals surface area contributed by atoms with E-state index in [1.54, 1.807) is 12.3 Å². The zero-order valence-corrected chi connectivity index (χ0v) is 13.0. The van der Waals surface area contributed by atoms with Crippen molar-refractivity contribution in [3.8, 4) is 11.8 Å². The number of thiazole rings is 1. The van der Waals surface area contributed by atoms with E-state index in [2.05, 4.69) is 21.8 Å². The molecule has 3 aromatic rings. The molecule has 23 heavy (non-hydrogen) atoms. The molecule has 3 rings (SSSR count). The third-order valence-electron chi connectivity index (χ3n) is 3.06. The van der Waals surface area contributed by atoms with Crippen LogP contribution in [0.5, 0.6) is 0 Å². The molecule has 0 spiro atoms. The summed E-state index contributed by atoms with van der Waals surface area (Å²) >= 11 is 1.53. The minimum Gasteiger partial charge on any atom is -0.289 e. The Labute approximate surface area is 136 Å². The molecule has 0 radical (unpaired) electrons. The first-order valence-corrected chi connectivity index (χ1v) is 7.69. The van der Waals surface area contributed by atoms with Gasteiger partial charge < -0.3 is 0 Å². The molecule has 0 saturated heterocycles. The molecule has 0 unspecified atom stereocenters. The van der Waals surface area contributed by atoms with Gasteiger partial charge in [-0.25, -0.2) is 9.37 Å². The van der Waals surface area contributed by atoms with Crippen LogP contribution in [0.1, 0.15) is 32.2 Å². The lowest BCUT2D eigenvalue weighted by molar-refractivity contribution is 0.103. The van der Waals surface area contributed by atoms with Crippen LogP contribution in [0.25, 0.3) is 0 Å². The molecule has 0 fully saturated rings. The van der Waals surface area contributed by atoms with E-state index >= 15 is 0 Å². The summed E-state index contributed by atoms with van der Waals surface area (Å²) in [4.78, 5) is 20.7. The topological polar surface area (TPSA) is 42.9 Å². The van der Waals surface area contributed by atoms with E-state index in [9.17, 15) is 9.18 Å². The van der Waals surface area contributed by atoms with Gasteiger partial charge in [-0.1, -0.05) is 5.92 Å². The van der Waals surface area contributed by atoms with Gasteiger partial charge in [-0.15, -0.1) is 11.3 Å². The summed E-state index contributed by atoms with van der Waals surface area (Å²) in [5.74, 6) is 5.30. The molecule has 3 nitrogen and oxygen atoms in total. The standard InChI is InChI=1S/C18H11FN2OS/c1-12-21-17(11-23-12)7-2-13-8-15(10-20-9-13)18(22)14-3-5-16(19)6-4-14/h3-6,8-11H,1H3. The Kier molecular flexibility index (Phi) is 4.26. The Balaban J connectivity index is 1.86. The van der Waals surface area contributed by atoms with Crippen molar-refractivity contribution in [3.63, 3.8) is 0 Å². The Bertz CT molecular complexity index is 920. The predicted molar refractivity (Wildman–Crippen MR) is 86.9 cm³/mol. The second kappa shape index (κ2) is 6.51. The lowest BCUT2D eigenvalue weighted by Crippen LogP contribution is -2.02. The monoisotopic (exact) mass is 322 g/mol. The van der Waals surface area contributed by atoms with Gasteiger partial charge in [0.15, 0.2) is 5.78 Å². The van der Waals surface area contributed by atoms with Gasteiger partial charge in [-0.2, -0.15) is 0 Å². The molecular weight excluding hydrogens is 311 g/mol. The van der Waals surface area contributed by atoms with Crippen molar-refractivity contribution >= 4 is 17.1 Å². The van der Waals surface area contributed by atoms with Crippen LogP contribution in [0.4, 0.5) is 4.39 Å². The first-order valence-electron chi connectivity index (χ1n) is 6.81. The molecule has 5 heteroatoms. The molecule has 0 amide bonds.